The van der Waals surface area contributed by atoms with Gasteiger partial charge in [-0.1, -0.05) is 6.07 Å². The molecule has 21 heavy (non-hydrogen) atoms. The molecule has 6 nitrogen and oxygen atoms in total. The summed E-state index contributed by atoms with van der Waals surface area (Å²) < 4.78 is 9.84. The van der Waals surface area contributed by atoms with Gasteiger partial charge in [0.05, 0.1) is 26.7 Å². The number of carbonyl (C=O) groups excluding carboxylic acids is 2. The van der Waals surface area contributed by atoms with Gasteiger partial charge in [-0.2, -0.15) is 0 Å². The van der Waals surface area contributed by atoms with E-state index in [2.05, 4.69) is 15.0 Å². The molecule has 6 heteroatoms. The third-order valence-corrected chi connectivity index (χ3v) is 3.29. The van der Waals surface area contributed by atoms with E-state index in [1.807, 2.05) is 24.3 Å². The Kier molecular flexibility index (Phi) is 5.57. The van der Waals surface area contributed by atoms with Gasteiger partial charge in [-0.05, 0) is 18.2 Å². The molecule has 0 spiro atoms. The van der Waals surface area contributed by atoms with E-state index in [4.69, 9.17) is 4.74 Å². The highest BCUT2D eigenvalue weighted by atomic mass is 16.5. The van der Waals surface area contributed by atoms with E-state index in [0.29, 0.717) is 0 Å². The highest BCUT2D eigenvalue weighted by molar-refractivity contribution is 5.93. The number of methoxy groups -OCH3 is 1. The maximum absolute atomic E-state index is 11.8. The van der Waals surface area contributed by atoms with E-state index in [1.54, 1.807) is 0 Å². The number of hydrogen-bond acceptors (Lipinski definition) is 5. The molecule has 0 aliphatic carbocycles. The predicted molar refractivity (Wildman–Crippen MR) is 79.4 cm³/mol. The van der Waals surface area contributed by atoms with Crippen LogP contribution >= 0.6 is 0 Å². The van der Waals surface area contributed by atoms with E-state index in [1.165, 1.54) is 7.11 Å². The van der Waals surface area contributed by atoms with Crippen molar-refractivity contribution in [2.24, 2.45) is 0 Å². The number of ether oxygens (including phenoxy) is 2. The third kappa shape index (κ3) is 4.75. The zero-order chi connectivity index (χ0) is 15.1. The lowest BCUT2D eigenvalue weighted by molar-refractivity contribution is -0.141. The van der Waals surface area contributed by atoms with Crippen molar-refractivity contribution < 1.29 is 19.1 Å². The minimum Gasteiger partial charge on any atom is -0.469 e. The molecule has 0 atom stereocenters. The summed E-state index contributed by atoms with van der Waals surface area (Å²) >= 11 is 0. The molecule has 1 fully saturated rings. The van der Waals surface area contributed by atoms with Crippen molar-refractivity contribution in [3.63, 3.8) is 0 Å². The van der Waals surface area contributed by atoms with Crippen LogP contribution in [0.15, 0.2) is 24.3 Å². The molecule has 2 rings (SSSR count). The highest BCUT2D eigenvalue weighted by Crippen LogP contribution is 2.20. The first-order chi connectivity index (χ1) is 10.2. The summed E-state index contributed by atoms with van der Waals surface area (Å²) in [7, 11) is 1.31. The van der Waals surface area contributed by atoms with Crippen molar-refractivity contribution in [2.75, 3.05) is 43.6 Å². The Morgan fingerprint density at radius 1 is 1.29 bits per heavy atom. The van der Waals surface area contributed by atoms with Crippen LogP contribution < -0.4 is 10.2 Å². The van der Waals surface area contributed by atoms with Crippen molar-refractivity contribution in [1.29, 1.82) is 0 Å². The molecule has 0 unspecified atom stereocenters. The van der Waals surface area contributed by atoms with E-state index in [9.17, 15) is 9.59 Å². The van der Waals surface area contributed by atoms with Crippen LogP contribution in [0, 0.1) is 0 Å². The molecule has 114 valence electrons. The van der Waals surface area contributed by atoms with Crippen LogP contribution in [0.3, 0.4) is 0 Å². The van der Waals surface area contributed by atoms with Crippen molar-refractivity contribution in [3.05, 3.63) is 24.3 Å². The molecule has 1 saturated heterocycles. The fourth-order valence-electron chi connectivity index (χ4n) is 2.14. The minimum absolute atomic E-state index is 0.0888. The average molecular weight is 292 g/mol. The average Bonchev–Trinajstić information content (AvgIpc) is 2.53. The number of rotatable bonds is 5. The smallest absolute Gasteiger partial charge is 0.306 e. The summed E-state index contributed by atoms with van der Waals surface area (Å²) in [5.74, 6) is -0.577. The number of nitrogens with zero attached hydrogens (tertiary/aromatic N) is 1. The number of hydrogen-bond donors (Lipinski definition) is 1. The molecule has 0 aromatic heterocycles. The largest absolute Gasteiger partial charge is 0.469 e. The van der Waals surface area contributed by atoms with Crippen molar-refractivity contribution in [2.45, 2.75) is 12.8 Å². The normalized spacial score (nSPS) is 14.6. The standard InChI is InChI=1S/C15H20N2O4/c1-20-15(19)6-5-14(18)16-12-3-2-4-13(11-12)17-7-9-21-10-8-17/h2-4,11H,5-10H2,1H3,(H,16,18). The van der Waals surface area contributed by atoms with Crippen LogP contribution in [0.1, 0.15) is 12.8 Å². The Balaban J connectivity index is 1.91. The highest BCUT2D eigenvalue weighted by Gasteiger charge is 2.12. The topological polar surface area (TPSA) is 67.9 Å². The molecule has 1 amide bonds. The second kappa shape index (κ2) is 7.64. The third-order valence-electron chi connectivity index (χ3n) is 3.29. The first kappa shape index (κ1) is 15.3. The zero-order valence-electron chi connectivity index (χ0n) is 12.1. The van der Waals surface area contributed by atoms with Crippen LogP contribution in [0.4, 0.5) is 11.4 Å². The van der Waals surface area contributed by atoms with E-state index in [0.717, 1.165) is 37.7 Å². The Morgan fingerprint density at radius 3 is 2.76 bits per heavy atom. The minimum atomic E-state index is -0.382. The number of anilines is 2. The van der Waals surface area contributed by atoms with E-state index >= 15 is 0 Å². The van der Waals surface area contributed by atoms with Gasteiger partial charge in [-0.25, -0.2) is 0 Å². The Hall–Kier alpha value is -2.08. The summed E-state index contributed by atoms with van der Waals surface area (Å²) in [4.78, 5) is 25.0. The molecule has 1 heterocycles. The van der Waals surface area contributed by atoms with Gasteiger partial charge in [0.25, 0.3) is 0 Å². The Morgan fingerprint density at radius 2 is 2.05 bits per heavy atom. The molecule has 1 aromatic carbocycles. The van der Waals surface area contributed by atoms with Crippen molar-refractivity contribution in [1.82, 2.24) is 0 Å². The second-order valence-electron chi connectivity index (χ2n) is 4.77. The van der Waals surface area contributed by atoms with Crippen LogP contribution in [-0.2, 0) is 19.1 Å². The summed E-state index contributed by atoms with van der Waals surface area (Å²) in [6, 6.07) is 7.68. The van der Waals surface area contributed by atoms with Crippen LogP contribution in [0.2, 0.25) is 0 Å². The van der Waals surface area contributed by atoms with E-state index in [-0.39, 0.29) is 24.7 Å². The lowest BCUT2D eigenvalue weighted by Gasteiger charge is -2.29. The maximum atomic E-state index is 11.8. The number of morpholine rings is 1. The number of benzene rings is 1. The molecule has 0 radical (unpaired) electrons. The number of amides is 1. The zero-order valence-corrected chi connectivity index (χ0v) is 12.1. The molecule has 0 saturated carbocycles. The molecular formula is C15H20N2O4. The van der Waals surface area contributed by atoms with Gasteiger partial charge in [0.2, 0.25) is 5.91 Å². The van der Waals surface area contributed by atoms with Gasteiger partial charge in [0.1, 0.15) is 0 Å². The van der Waals surface area contributed by atoms with Crippen LogP contribution in [0.5, 0.6) is 0 Å². The monoisotopic (exact) mass is 292 g/mol. The van der Waals surface area contributed by atoms with Gasteiger partial charge in [-0.3, -0.25) is 9.59 Å². The number of esters is 1. The fourth-order valence-corrected chi connectivity index (χ4v) is 2.14. The van der Waals surface area contributed by atoms with Gasteiger partial charge in [0, 0.05) is 30.9 Å². The summed E-state index contributed by atoms with van der Waals surface area (Å²) in [6.07, 6.45) is 0.208. The summed E-state index contributed by atoms with van der Waals surface area (Å²) in [5, 5.41) is 2.80. The second-order valence-corrected chi connectivity index (χ2v) is 4.77. The van der Waals surface area contributed by atoms with Gasteiger partial charge in [0.15, 0.2) is 0 Å². The number of nitrogens with one attached hydrogen (secondary N) is 1. The Labute approximate surface area is 124 Å². The van der Waals surface area contributed by atoms with Crippen molar-refractivity contribution >= 4 is 23.3 Å². The Bertz CT molecular complexity index is 498. The lowest BCUT2D eigenvalue weighted by Crippen LogP contribution is -2.36. The lowest BCUT2D eigenvalue weighted by atomic mass is 10.2. The van der Waals surface area contributed by atoms with Crippen LogP contribution in [0.25, 0.3) is 0 Å². The fraction of sp³-hybridized carbons (Fsp3) is 0.467. The SMILES string of the molecule is COC(=O)CCC(=O)Nc1cccc(N2CCOCC2)c1. The van der Waals surface area contributed by atoms with Gasteiger partial charge < -0.3 is 19.7 Å². The molecular weight excluding hydrogens is 272 g/mol. The molecule has 1 N–H and O–H groups in total. The predicted octanol–water partition coefficient (Wildman–Crippen LogP) is 1.41. The maximum Gasteiger partial charge on any atom is 0.306 e. The molecule has 1 aliphatic rings. The molecule has 1 aliphatic heterocycles. The molecule has 0 bridgehead atoms. The number of carbonyl (C=O) groups is 2. The first-order valence-corrected chi connectivity index (χ1v) is 6.98. The van der Waals surface area contributed by atoms with Gasteiger partial charge >= 0.3 is 5.97 Å². The quantitative estimate of drug-likeness (QED) is 0.831. The summed E-state index contributed by atoms with van der Waals surface area (Å²) in [6.45, 7) is 3.13. The first-order valence-electron chi connectivity index (χ1n) is 6.98. The van der Waals surface area contributed by atoms with Crippen molar-refractivity contribution in [3.8, 4) is 0 Å². The van der Waals surface area contributed by atoms with Gasteiger partial charge in [-0.15, -0.1) is 0 Å². The molecule has 1 aromatic rings. The van der Waals surface area contributed by atoms with Crippen LogP contribution in [-0.4, -0.2) is 45.3 Å². The summed E-state index contributed by atoms with van der Waals surface area (Å²) in [5.41, 5.74) is 1.79. The van der Waals surface area contributed by atoms with E-state index < -0.39 is 0 Å².